The van der Waals surface area contributed by atoms with Crippen LogP contribution in [0.4, 0.5) is 5.69 Å². The molecule has 0 atom stereocenters. The van der Waals surface area contributed by atoms with E-state index in [1.165, 1.54) is 0 Å². The molecule has 1 fully saturated rings. The molecule has 1 N–H and O–H groups in total. The van der Waals surface area contributed by atoms with Gasteiger partial charge in [0.05, 0.1) is 29.4 Å². The normalized spacial score (nSPS) is 15.7. The predicted molar refractivity (Wildman–Crippen MR) is 101 cm³/mol. The zero-order valence-corrected chi connectivity index (χ0v) is 16.0. The van der Waals surface area contributed by atoms with Crippen LogP contribution in [-0.2, 0) is 17.8 Å². The summed E-state index contributed by atoms with van der Waals surface area (Å²) in [4.78, 5) is 11.2. The highest BCUT2D eigenvalue weighted by molar-refractivity contribution is 5.96. The van der Waals surface area contributed by atoms with Crippen molar-refractivity contribution in [2.24, 2.45) is 0 Å². The molecule has 9 heteroatoms. The molecule has 3 aromatic rings. The Bertz CT molecular complexity index is 912. The van der Waals surface area contributed by atoms with Crippen molar-refractivity contribution in [3.8, 4) is 11.5 Å². The molecule has 4 rings (SSSR count). The number of nitrogens with one attached hydrogen (secondary N) is 1. The molecule has 0 saturated carbocycles. The summed E-state index contributed by atoms with van der Waals surface area (Å²) in [5.41, 5.74) is 2.61. The van der Waals surface area contributed by atoms with Crippen LogP contribution in [0, 0.1) is 0 Å². The highest BCUT2D eigenvalue weighted by atomic mass is 16.5. The number of hydrogen-bond donors (Lipinski definition) is 1. The fourth-order valence-electron chi connectivity index (χ4n) is 3.33. The molecule has 0 radical (unpaired) electrons. The fraction of sp³-hybridized carbons (Fsp3) is 0.556. The number of ether oxygens (including phenoxy) is 1. The van der Waals surface area contributed by atoms with Gasteiger partial charge in [-0.2, -0.15) is 10.1 Å². The van der Waals surface area contributed by atoms with Crippen molar-refractivity contribution in [3.63, 3.8) is 0 Å². The van der Waals surface area contributed by atoms with E-state index in [0.717, 1.165) is 54.9 Å². The van der Waals surface area contributed by atoms with Gasteiger partial charge < -0.3 is 19.5 Å². The molecular formula is C18H25N7O2. The zero-order chi connectivity index (χ0) is 18.8. The predicted octanol–water partition coefficient (Wildman–Crippen LogP) is 2.15. The summed E-state index contributed by atoms with van der Waals surface area (Å²) in [6.45, 7) is 4.97. The van der Waals surface area contributed by atoms with Crippen LogP contribution < -0.4 is 5.32 Å². The molecule has 9 nitrogen and oxygen atoms in total. The van der Waals surface area contributed by atoms with E-state index in [2.05, 4.69) is 32.5 Å². The van der Waals surface area contributed by atoms with Gasteiger partial charge >= 0.3 is 0 Å². The van der Waals surface area contributed by atoms with Gasteiger partial charge in [0.15, 0.2) is 11.5 Å². The van der Waals surface area contributed by atoms with Gasteiger partial charge in [-0.1, -0.05) is 5.16 Å². The van der Waals surface area contributed by atoms with Crippen LogP contribution in [0.2, 0.25) is 0 Å². The minimum Gasteiger partial charge on any atom is -0.381 e. The van der Waals surface area contributed by atoms with Gasteiger partial charge in [0.25, 0.3) is 5.89 Å². The Morgan fingerprint density at radius 1 is 1.26 bits per heavy atom. The van der Waals surface area contributed by atoms with E-state index in [1.54, 1.807) is 6.20 Å². The first kappa shape index (κ1) is 17.9. The van der Waals surface area contributed by atoms with Gasteiger partial charge in [0.2, 0.25) is 0 Å². The maximum absolute atomic E-state index is 5.54. The zero-order valence-electron chi connectivity index (χ0n) is 16.0. The summed E-state index contributed by atoms with van der Waals surface area (Å²) in [7, 11) is 3.95. The van der Waals surface area contributed by atoms with Gasteiger partial charge in [-0.3, -0.25) is 0 Å². The Hall–Kier alpha value is -2.52. The Morgan fingerprint density at radius 3 is 2.81 bits per heavy atom. The van der Waals surface area contributed by atoms with Crippen molar-refractivity contribution in [2.45, 2.75) is 38.9 Å². The lowest BCUT2D eigenvalue weighted by Crippen LogP contribution is -2.28. The lowest BCUT2D eigenvalue weighted by molar-refractivity contribution is 0.0905. The summed E-state index contributed by atoms with van der Waals surface area (Å²) >= 11 is 0. The highest BCUT2D eigenvalue weighted by Crippen LogP contribution is 2.34. The average Bonchev–Trinajstić information content (AvgIpc) is 3.29. The summed E-state index contributed by atoms with van der Waals surface area (Å²) in [6, 6.07) is 0.331. The van der Waals surface area contributed by atoms with E-state index in [4.69, 9.17) is 9.26 Å². The molecule has 0 aliphatic carbocycles. The largest absolute Gasteiger partial charge is 0.381 e. The summed E-state index contributed by atoms with van der Waals surface area (Å²) in [6.07, 6.45) is 5.57. The van der Waals surface area contributed by atoms with E-state index >= 15 is 0 Å². The van der Waals surface area contributed by atoms with Crippen LogP contribution in [0.25, 0.3) is 22.5 Å². The summed E-state index contributed by atoms with van der Waals surface area (Å²) in [5, 5.41) is 13.2. The molecule has 144 valence electrons. The number of aryl methyl sites for hydroxylation is 1. The minimum absolute atomic E-state index is 0.331. The van der Waals surface area contributed by atoms with E-state index in [0.29, 0.717) is 24.3 Å². The SMILES string of the molecule is CCn1ncc2c(NC3CCOCC3)c(-c3nc(CN(C)C)no3)cnc21. The monoisotopic (exact) mass is 371 g/mol. The van der Waals surface area contributed by atoms with Crippen LogP contribution in [-0.4, -0.2) is 63.2 Å². The first-order chi connectivity index (χ1) is 13.2. The molecule has 1 aliphatic rings. The third kappa shape index (κ3) is 3.65. The van der Waals surface area contributed by atoms with Crippen molar-refractivity contribution in [2.75, 3.05) is 32.6 Å². The number of anilines is 1. The third-order valence-corrected chi connectivity index (χ3v) is 4.69. The van der Waals surface area contributed by atoms with Crippen LogP contribution in [0.5, 0.6) is 0 Å². The van der Waals surface area contributed by atoms with Crippen LogP contribution in [0.15, 0.2) is 16.9 Å². The summed E-state index contributed by atoms with van der Waals surface area (Å²) in [5.74, 6) is 1.12. The lowest BCUT2D eigenvalue weighted by atomic mass is 10.1. The average molecular weight is 371 g/mol. The Balaban J connectivity index is 1.76. The standard InChI is InChI=1S/C18H25N7O2/c1-4-25-17-13(10-20-25)16(21-12-5-7-26-8-6-12)14(9-19-17)18-22-15(23-27-18)11-24(2)3/h9-10,12H,4-8,11H2,1-3H3,(H,19,21). The lowest BCUT2D eigenvalue weighted by Gasteiger charge is -2.25. The molecule has 0 spiro atoms. The molecule has 27 heavy (non-hydrogen) atoms. The maximum Gasteiger partial charge on any atom is 0.261 e. The first-order valence-corrected chi connectivity index (χ1v) is 9.32. The van der Waals surface area contributed by atoms with Crippen LogP contribution >= 0.6 is 0 Å². The minimum atomic E-state index is 0.331. The molecule has 3 aromatic heterocycles. The van der Waals surface area contributed by atoms with Crippen LogP contribution in [0.3, 0.4) is 0 Å². The van der Waals surface area contributed by atoms with Crippen LogP contribution in [0.1, 0.15) is 25.6 Å². The van der Waals surface area contributed by atoms with Crippen molar-refractivity contribution < 1.29 is 9.26 Å². The van der Waals surface area contributed by atoms with Gasteiger partial charge in [0.1, 0.15) is 0 Å². The van der Waals surface area contributed by atoms with Gasteiger partial charge in [-0.25, -0.2) is 9.67 Å². The quantitative estimate of drug-likeness (QED) is 0.704. The van der Waals surface area contributed by atoms with Crippen molar-refractivity contribution in [1.29, 1.82) is 0 Å². The molecular weight excluding hydrogens is 346 g/mol. The molecule has 0 aromatic carbocycles. The number of pyridine rings is 1. The van der Waals surface area contributed by atoms with Gasteiger partial charge in [-0.05, 0) is 33.9 Å². The molecule has 4 heterocycles. The first-order valence-electron chi connectivity index (χ1n) is 9.32. The smallest absolute Gasteiger partial charge is 0.261 e. The fourth-order valence-corrected chi connectivity index (χ4v) is 3.33. The number of hydrogen-bond acceptors (Lipinski definition) is 8. The molecule has 0 amide bonds. The summed E-state index contributed by atoms with van der Waals surface area (Å²) < 4.78 is 12.9. The number of nitrogens with zero attached hydrogens (tertiary/aromatic N) is 6. The number of aromatic nitrogens is 5. The molecule has 1 saturated heterocycles. The van der Waals surface area contributed by atoms with Crippen molar-refractivity contribution >= 4 is 16.7 Å². The third-order valence-electron chi connectivity index (χ3n) is 4.69. The molecule has 1 aliphatic heterocycles. The molecule has 0 unspecified atom stereocenters. The number of fused-ring (bicyclic) bond motifs is 1. The second-order valence-corrected chi connectivity index (χ2v) is 7.03. The maximum atomic E-state index is 5.54. The van der Waals surface area contributed by atoms with Gasteiger partial charge in [0, 0.05) is 32.0 Å². The van der Waals surface area contributed by atoms with Crippen molar-refractivity contribution in [3.05, 3.63) is 18.2 Å². The Morgan fingerprint density at radius 2 is 2.07 bits per heavy atom. The van der Waals surface area contributed by atoms with E-state index in [1.807, 2.05) is 29.9 Å². The van der Waals surface area contributed by atoms with Gasteiger partial charge in [-0.15, -0.1) is 0 Å². The topological polar surface area (TPSA) is 94.1 Å². The van der Waals surface area contributed by atoms with E-state index in [9.17, 15) is 0 Å². The Labute approximate surface area is 157 Å². The Kier molecular flexibility index (Phi) is 5.04. The van der Waals surface area contributed by atoms with Crippen molar-refractivity contribution in [1.82, 2.24) is 29.8 Å². The molecule has 0 bridgehead atoms. The number of rotatable bonds is 6. The second kappa shape index (κ2) is 7.61. The highest BCUT2D eigenvalue weighted by Gasteiger charge is 2.22. The second-order valence-electron chi connectivity index (χ2n) is 7.03. The van der Waals surface area contributed by atoms with E-state index in [-0.39, 0.29) is 0 Å². The van der Waals surface area contributed by atoms with E-state index < -0.39 is 0 Å².